The molecule has 0 aromatic heterocycles. The predicted molar refractivity (Wildman–Crippen MR) is 108 cm³/mol. The Labute approximate surface area is 167 Å². The molecule has 0 radical (unpaired) electrons. The molecule has 0 saturated carbocycles. The second-order valence-corrected chi connectivity index (χ2v) is 8.38. The zero-order chi connectivity index (χ0) is 20.3. The van der Waals surface area contributed by atoms with Gasteiger partial charge in [0.05, 0.1) is 6.04 Å². The summed E-state index contributed by atoms with van der Waals surface area (Å²) in [7, 11) is 0. The highest BCUT2D eigenvalue weighted by molar-refractivity contribution is 5.97. The summed E-state index contributed by atoms with van der Waals surface area (Å²) in [6.07, 6.45) is 0.303. The number of nitrogens with one attached hydrogen (secondary N) is 1. The SMILES string of the molecule is CC(C)CN(CC(C)C)C(=O)N[C@@H]1CC(=O)N(c2ccc3c(c2)OCCO3)C1. The van der Waals surface area contributed by atoms with Crippen LogP contribution in [0, 0.1) is 11.8 Å². The highest BCUT2D eigenvalue weighted by atomic mass is 16.6. The average Bonchev–Trinajstić information content (AvgIpc) is 3.00. The van der Waals surface area contributed by atoms with E-state index in [1.54, 1.807) is 4.90 Å². The quantitative estimate of drug-likeness (QED) is 0.812. The normalized spacial score (nSPS) is 18.7. The fraction of sp³-hybridized carbons (Fsp3) is 0.619. The number of rotatable bonds is 6. The molecule has 0 bridgehead atoms. The molecule has 154 valence electrons. The van der Waals surface area contributed by atoms with Crippen molar-refractivity contribution in [3.63, 3.8) is 0 Å². The third-order valence-corrected chi connectivity index (χ3v) is 4.75. The monoisotopic (exact) mass is 389 g/mol. The molecule has 1 saturated heterocycles. The van der Waals surface area contributed by atoms with Crippen LogP contribution in [0.25, 0.3) is 0 Å². The van der Waals surface area contributed by atoms with Gasteiger partial charge in [0.25, 0.3) is 0 Å². The van der Waals surface area contributed by atoms with Gasteiger partial charge in [-0.25, -0.2) is 4.79 Å². The minimum Gasteiger partial charge on any atom is -0.486 e. The topological polar surface area (TPSA) is 71.1 Å². The minimum atomic E-state index is -0.199. The highest BCUT2D eigenvalue weighted by Crippen LogP contribution is 2.35. The van der Waals surface area contributed by atoms with E-state index in [1.165, 1.54) is 0 Å². The van der Waals surface area contributed by atoms with Crippen LogP contribution < -0.4 is 19.7 Å². The van der Waals surface area contributed by atoms with Crippen LogP contribution in [0.5, 0.6) is 11.5 Å². The van der Waals surface area contributed by atoms with Crippen molar-refractivity contribution in [1.29, 1.82) is 0 Å². The van der Waals surface area contributed by atoms with Crippen molar-refractivity contribution < 1.29 is 19.1 Å². The van der Waals surface area contributed by atoms with Crippen LogP contribution in [-0.2, 0) is 4.79 Å². The molecule has 28 heavy (non-hydrogen) atoms. The lowest BCUT2D eigenvalue weighted by Gasteiger charge is -2.28. The first kappa shape index (κ1) is 20.3. The van der Waals surface area contributed by atoms with Gasteiger partial charge in [0.1, 0.15) is 13.2 Å². The Morgan fingerprint density at radius 3 is 2.43 bits per heavy atom. The molecule has 0 aliphatic carbocycles. The third kappa shape index (κ3) is 4.88. The molecule has 2 heterocycles. The first-order valence-electron chi connectivity index (χ1n) is 10.1. The maximum Gasteiger partial charge on any atom is 0.317 e. The molecule has 2 aliphatic heterocycles. The Morgan fingerprint density at radius 2 is 1.79 bits per heavy atom. The van der Waals surface area contributed by atoms with E-state index in [0.717, 1.165) is 5.69 Å². The molecule has 0 unspecified atom stereocenters. The number of fused-ring (bicyclic) bond motifs is 1. The average molecular weight is 389 g/mol. The summed E-state index contributed by atoms with van der Waals surface area (Å²) in [5.74, 6) is 2.14. The molecule has 2 aliphatic rings. The van der Waals surface area contributed by atoms with Crippen molar-refractivity contribution in [3.05, 3.63) is 18.2 Å². The van der Waals surface area contributed by atoms with Crippen LogP contribution in [0.15, 0.2) is 18.2 Å². The van der Waals surface area contributed by atoms with E-state index < -0.39 is 0 Å². The second kappa shape index (κ2) is 8.71. The molecule has 1 fully saturated rings. The Kier molecular flexibility index (Phi) is 6.31. The number of urea groups is 1. The summed E-state index contributed by atoms with van der Waals surface area (Å²) in [5.41, 5.74) is 0.771. The molecule has 1 aromatic rings. The smallest absolute Gasteiger partial charge is 0.317 e. The molecule has 0 spiro atoms. The van der Waals surface area contributed by atoms with Gasteiger partial charge in [0, 0.05) is 37.8 Å². The molecular formula is C21H31N3O4. The van der Waals surface area contributed by atoms with Gasteiger partial charge >= 0.3 is 6.03 Å². The van der Waals surface area contributed by atoms with Gasteiger partial charge in [-0.2, -0.15) is 0 Å². The summed E-state index contributed by atoms with van der Waals surface area (Å²) in [6, 6.07) is 5.23. The first-order chi connectivity index (χ1) is 13.3. The Morgan fingerprint density at radius 1 is 1.14 bits per heavy atom. The predicted octanol–water partition coefficient (Wildman–Crippen LogP) is 2.89. The van der Waals surface area contributed by atoms with Crippen LogP contribution >= 0.6 is 0 Å². The van der Waals surface area contributed by atoms with E-state index >= 15 is 0 Å². The van der Waals surface area contributed by atoms with E-state index in [0.29, 0.717) is 62.6 Å². The van der Waals surface area contributed by atoms with Crippen molar-refractivity contribution in [2.24, 2.45) is 11.8 Å². The second-order valence-electron chi connectivity index (χ2n) is 8.38. The van der Waals surface area contributed by atoms with Crippen LogP contribution in [0.1, 0.15) is 34.1 Å². The number of anilines is 1. The van der Waals surface area contributed by atoms with Gasteiger partial charge in [-0.15, -0.1) is 0 Å². The molecule has 7 nitrogen and oxygen atoms in total. The van der Waals surface area contributed by atoms with Gasteiger partial charge in [-0.05, 0) is 24.0 Å². The minimum absolute atomic E-state index is 0.00115. The number of hydrogen-bond acceptors (Lipinski definition) is 4. The Bertz CT molecular complexity index is 710. The summed E-state index contributed by atoms with van der Waals surface area (Å²) >= 11 is 0. The lowest BCUT2D eigenvalue weighted by molar-refractivity contribution is -0.117. The van der Waals surface area contributed by atoms with Crippen LogP contribution in [0.2, 0.25) is 0 Å². The van der Waals surface area contributed by atoms with E-state index in [-0.39, 0.29) is 18.0 Å². The van der Waals surface area contributed by atoms with Crippen molar-refractivity contribution in [1.82, 2.24) is 10.2 Å². The number of carbonyl (C=O) groups excluding carboxylic acids is 2. The summed E-state index contributed by atoms with van der Waals surface area (Å²) in [6.45, 7) is 11.3. The number of carbonyl (C=O) groups is 2. The molecule has 1 aromatic carbocycles. The van der Waals surface area contributed by atoms with Gasteiger partial charge in [-0.1, -0.05) is 27.7 Å². The highest BCUT2D eigenvalue weighted by Gasteiger charge is 2.33. The third-order valence-electron chi connectivity index (χ3n) is 4.75. The van der Waals surface area contributed by atoms with Crippen molar-refractivity contribution in [2.75, 3.05) is 37.7 Å². The fourth-order valence-corrected chi connectivity index (χ4v) is 3.64. The van der Waals surface area contributed by atoms with Crippen molar-refractivity contribution in [3.8, 4) is 11.5 Å². The number of ether oxygens (including phenoxy) is 2. The Balaban J connectivity index is 1.64. The van der Waals surface area contributed by atoms with Crippen molar-refractivity contribution >= 4 is 17.6 Å². The van der Waals surface area contributed by atoms with E-state index in [4.69, 9.17) is 9.47 Å². The van der Waals surface area contributed by atoms with Gasteiger partial charge in [0.2, 0.25) is 5.91 Å². The van der Waals surface area contributed by atoms with Gasteiger partial charge < -0.3 is 24.6 Å². The number of nitrogens with zero attached hydrogens (tertiary/aromatic N) is 2. The van der Waals surface area contributed by atoms with Crippen LogP contribution in [-0.4, -0.2) is 55.7 Å². The molecule has 7 heteroatoms. The van der Waals surface area contributed by atoms with E-state index in [9.17, 15) is 9.59 Å². The van der Waals surface area contributed by atoms with Crippen molar-refractivity contribution in [2.45, 2.75) is 40.2 Å². The lowest BCUT2D eigenvalue weighted by Crippen LogP contribution is -2.48. The maximum absolute atomic E-state index is 12.8. The van der Waals surface area contributed by atoms with Crippen LogP contribution in [0.4, 0.5) is 10.5 Å². The Hall–Kier alpha value is -2.44. The lowest BCUT2D eigenvalue weighted by atomic mass is 10.1. The van der Waals surface area contributed by atoms with Gasteiger partial charge in [-0.3, -0.25) is 4.79 Å². The van der Waals surface area contributed by atoms with E-state index in [1.807, 2.05) is 23.1 Å². The zero-order valence-electron chi connectivity index (χ0n) is 17.2. The zero-order valence-corrected chi connectivity index (χ0v) is 17.2. The molecule has 3 amide bonds. The molecule has 1 atom stereocenters. The largest absolute Gasteiger partial charge is 0.486 e. The number of benzene rings is 1. The summed E-state index contributed by atoms with van der Waals surface area (Å²) in [4.78, 5) is 28.9. The summed E-state index contributed by atoms with van der Waals surface area (Å²) < 4.78 is 11.2. The van der Waals surface area contributed by atoms with Gasteiger partial charge in [0.15, 0.2) is 11.5 Å². The maximum atomic E-state index is 12.8. The fourth-order valence-electron chi connectivity index (χ4n) is 3.64. The van der Waals surface area contributed by atoms with Crippen LogP contribution in [0.3, 0.4) is 0 Å². The number of amides is 3. The standard InChI is InChI=1S/C21H31N3O4/c1-14(2)11-23(12-15(3)4)21(26)22-16-9-20(25)24(13-16)17-5-6-18-19(10-17)28-8-7-27-18/h5-6,10,14-16H,7-9,11-13H2,1-4H3,(H,22,26)/t16-/m1/s1. The molecular weight excluding hydrogens is 358 g/mol. The first-order valence-corrected chi connectivity index (χ1v) is 10.1. The molecule has 3 rings (SSSR count). The van der Waals surface area contributed by atoms with E-state index in [2.05, 4.69) is 33.0 Å². The molecule has 1 N–H and O–H groups in total. The summed E-state index contributed by atoms with van der Waals surface area (Å²) in [5, 5.41) is 3.05. The number of hydrogen-bond donors (Lipinski definition) is 1.